The lowest BCUT2D eigenvalue weighted by Gasteiger charge is -2.18. The van der Waals surface area contributed by atoms with Crippen molar-refractivity contribution in [3.05, 3.63) is 24.3 Å². The van der Waals surface area contributed by atoms with E-state index >= 15 is 0 Å². The van der Waals surface area contributed by atoms with Crippen LogP contribution in [0.5, 0.6) is 0 Å². The first-order chi connectivity index (χ1) is 32.0. The van der Waals surface area contributed by atoms with Crippen molar-refractivity contribution < 1.29 is 28.6 Å². The molecule has 6 nitrogen and oxygen atoms in total. The van der Waals surface area contributed by atoms with E-state index in [-0.39, 0.29) is 31.1 Å². The fourth-order valence-electron chi connectivity index (χ4n) is 8.56. The number of allylic oxidation sites excluding steroid dienone is 4. The summed E-state index contributed by atoms with van der Waals surface area (Å²) in [5.74, 6) is -0.879. The second-order valence-electron chi connectivity index (χ2n) is 19.6. The van der Waals surface area contributed by atoms with Crippen LogP contribution in [0.25, 0.3) is 0 Å². The van der Waals surface area contributed by atoms with Crippen LogP contribution in [0.1, 0.15) is 316 Å². The van der Waals surface area contributed by atoms with Crippen molar-refractivity contribution in [2.45, 2.75) is 322 Å². The van der Waals surface area contributed by atoms with Crippen LogP contribution in [0.2, 0.25) is 0 Å². The van der Waals surface area contributed by atoms with Gasteiger partial charge in [-0.25, -0.2) is 0 Å². The van der Waals surface area contributed by atoms with Crippen LogP contribution in [0.3, 0.4) is 0 Å². The molecule has 65 heavy (non-hydrogen) atoms. The average molecular weight is 916 g/mol. The molecule has 0 spiro atoms. The second-order valence-corrected chi connectivity index (χ2v) is 19.6. The van der Waals surface area contributed by atoms with E-state index in [9.17, 15) is 14.4 Å². The zero-order valence-electron chi connectivity index (χ0n) is 43.8. The Morgan fingerprint density at radius 3 is 0.831 bits per heavy atom. The van der Waals surface area contributed by atoms with Gasteiger partial charge in [-0.1, -0.05) is 257 Å². The maximum atomic E-state index is 12.7. The summed E-state index contributed by atoms with van der Waals surface area (Å²) in [6, 6.07) is 0. The summed E-state index contributed by atoms with van der Waals surface area (Å²) in [6.45, 7) is 6.54. The Labute approximate surface area is 404 Å². The zero-order valence-corrected chi connectivity index (χ0v) is 43.8. The van der Waals surface area contributed by atoms with Gasteiger partial charge in [-0.2, -0.15) is 0 Å². The number of ether oxygens (including phenoxy) is 3. The Bertz CT molecular complexity index is 1050. The van der Waals surface area contributed by atoms with Gasteiger partial charge in [-0.3, -0.25) is 14.4 Å². The van der Waals surface area contributed by atoms with E-state index in [1.54, 1.807) is 0 Å². The highest BCUT2D eigenvalue weighted by Crippen LogP contribution is 2.17. The first-order valence-corrected chi connectivity index (χ1v) is 28.8. The van der Waals surface area contributed by atoms with Crippen LogP contribution in [-0.4, -0.2) is 37.2 Å². The first-order valence-electron chi connectivity index (χ1n) is 28.8. The van der Waals surface area contributed by atoms with Crippen LogP contribution < -0.4 is 0 Å². The van der Waals surface area contributed by atoms with E-state index < -0.39 is 6.10 Å². The smallest absolute Gasteiger partial charge is 0.306 e. The molecule has 0 heterocycles. The summed E-state index contributed by atoms with van der Waals surface area (Å²) < 4.78 is 16.7. The van der Waals surface area contributed by atoms with Crippen molar-refractivity contribution in [1.29, 1.82) is 0 Å². The number of esters is 3. The highest BCUT2D eigenvalue weighted by Gasteiger charge is 2.19. The maximum Gasteiger partial charge on any atom is 0.306 e. The lowest BCUT2D eigenvalue weighted by atomic mass is 10.0. The van der Waals surface area contributed by atoms with Crippen molar-refractivity contribution in [3.8, 4) is 0 Å². The normalized spacial score (nSPS) is 12.1. The van der Waals surface area contributed by atoms with Gasteiger partial charge in [-0.05, 0) is 64.2 Å². The van der Waals surface area contributed by atoms with Crippen LogP contribution in [-0.2, 0) is 28.6 Å². The van der Waals surface area contributed by atoms with Gasteiger partial charge in [-0.15, -0.1) is 0 Å². The molecule has 0 aromatic heterocycles. The molecular weight excluding hydrogens is 805 g/mol. The molecule has 0 aromatic rings. The summed E-state index contributed by atoms with van der Waals surface area (Å²) in [5, 5.41) is 0. The molecular formula is C59H110O6. The van der Waals surface area contributed by atoms with E-state index in [4.69, 9.17) is 14.2 Å². The summed E-state index contributed by atoms with van der Waals surface area (Å²) >= 11 is 0. The van der Waals surface area contributed by atoms with Gasteiger partial charge in [0.25, 0.3) is 0 Å². The Balaban J connectivity index is 3.87. The molecule has 0 aromatic carbocycles. The van der Waals surface area contributed by atoms with Crippen LogP contribution >= 0.6 is 0 Å². The molecule has 0 bridgehead atoms. The topological polar surface area (TPSA) is 78.9 Å². The lowest BCUT2D eigenvalue weighted by Crippen LogP contribution is -2.30. The molecule has 0 radical (unpaired) electrons. The lowest BCUT2D eigenvalue weighted by molar-refractivity contribution is -0.167. The molecule has 382 valence electrons. The van der Waals surface area contributed by atoms with E-state index in [1.165, 1.54) is 199 Å². The van der Waals surface area contributed by atoms with Gasteiger partial charge in [0.1, 0.15) is 13.2 Å². The van der Waals surface area contributed by atoms with Gasteiger partial charge in [0.15, 0.2) is 6.10 Å². The molecule has 0 fully saturated rings. The third-order valence-electron chi connectivity index (χ3n) is 12.9. The minimum Gasteiger partial charge on any atom is -0.462 e. The highest BCUT2D eigenvalue weighted by molar-refractivity contribution is 5.71. The Morgan fingerprint density at radius 1 is 0.292 bits per heavy atom. The highest BCUT2D eigenvalue weighted by atomic mass is 16.6. The third kappa shape index (κ3) is 52.7. The van der Waals surface area contributed by atoms with Crippen molar-refractivity contribution in [3.63, 3.8) is 0 Å². The van der Waals surface area contributed by atoms with Gasteiger partial charge >= 0.3 is 17.9 Å². The Hall–Kier alpha value is -2.11. The van der Waals surface area contributed by atoms with Crippen LogP contribution in [0, 0.1) is 0 Å². The van der Waals surface area contributed by atoms with E-state index in [2.05, 4.69) is 45.1 Å². The third-order valence-corrected chi connectivity index (χ3v) is 12.9. The van der Waals surface area contributed by atoms with E-state index in [0.29, 0.717) is 19.3 Å². The van der Waals surface area contributed by atoms with Crippen LogP contribution in [0.4, 0.5) is 0 Å². The van der Waals surface area contributed by atoms with Gasteiger partial charge in [0, 0.05) is 19.3 Å². The van der Waals surface area contributed by atoms with E-state index in [0.717, 1.165) is 77.0 Å². The SMILES string of the molecule is CCC/C=C\CCCCCCCC(=O)OC(COC(=O)CCCCCCCC)COC(=O)CCCCCCCCCCCCCCCCCCCCC/C=C\CCCCCCCCCC. The van der Waals surface area contributed by atoms with Gasteiger partial charge in [0.2, 0.25) is 0 Å². The van der Waals surface area contributed by atoms with Crippen molar-refractivity contribution in [2.75, 3.05) is 13.2 Å². The molecule has 1 unspecified atom stereocenters. The summed E-state index contributed by atoms with van der Waals surface area (Å²) in [5.41, 5.74) is 0. The van der Waals surface area contributed by atoms with Crippen molar-refractivity contribution in [2.24, 2.45) is 0 Å². The largest absolute Gasteiger partial charge is 0.462 e. The maximum absolute atomic E-state index is 12.7. The molecule has 0 amide bonds. The predicted molar refractivity (Wildman–Crippen MR) is 279 cm³/mol. The van der Waals surface area contributed by atoms with E-state index in [1.807, 2.05) is 0 Å². The molecule has 6 heteroatoms. The molecule has 0 aliphatic heterocycles. The molecule has 0 aliphatic rings. The summed E-state index contributed by atoms with van der Waals surface area (Å²) in [7, 11) is 0. The van der Waals surface area contributed by atoms with Crippen molar-refractivity contribution in [1.82, 2.24) is 0 Å². The Kier molecular flexibility index (Phi) is 52.7. The molecule has 0 rings (SSSR count). The van der Waals surface area contributed by atoms with Crippen molar-refractivity contribution >= 4 is 17.9 Å². The predicted octanol–water partition coefficient (Wildman–Crippen LogP) is 19.1. The molecule has 0 saturated carbocycles. The number of hydrogen-bond donors (Lipinski definition) is 0. The molecule has 0 aliphatic carbocycles. The fourth-order valence-corrected chi connectivity index (χ4v) is 8.56. The quantitative estimate of drug-likeness (QED) is 0.0262. The number of unbranched alkanes of at least 4 members (excludes halogenated alkanes) is 38. The average Bonchev–Trinajstić information content (AvgIpc) is 3.30. The Morgan fingerprint density at radius 2 is 0.538 bits per heavy atom. The molecule has 0 saturated heterocycles. The second kappa shape index (κ2) is 54.5. The summed E-state index contributed by atoms with van der Waals surface area (Å²) in [6.07, 6.45) is 63.8. The zero-order chi connectivity index (χ0) is 47.2. The monoisotopic (exact) mass is 915 g/mol. The van der Waals surface area contributed by atoms with Gasteiger partial charge < -0.3 is 14.2 Å². The summed E-state index contributed by atoms with van der Waals surface area (Å²) in [4.78, 5) is 37.7. The number of hydrogen-bond acceptors (Lipinski definition) is 6. The standard InChI is InChI=1S/C59H110O6/c1-4-7-10-13-16-18-20-21-22-23-24-25-26-27-28-29-30-31-32-33-34-35-36-37-38-39-40-42-43-46-49-52-58(61)64-55-56(54-63-57(60)51-48-45-15-12-9-6-3)65-59(62)53-50-47-44-41-19-17-14-11-8-5-2/h11,14,23-24,56H,4-10,12-13,15-22,25-55H2,1-3H3/b14-11-,24-23-. The molecule has 1 atom stereocenters. The number of carbonyl (C=O) groups is 3. The number of rotatable bonds is 53. The minimum absolute atomic E-state index is 0.0710. The minimum atomic E-state index is -0.767. The van der Waals surface area contributed by atoms with Crippen LogP contribution in [0.15, 0.2) is 24.3 Å². The fraction of sp³-hybridized carbons (Fsp3) is 0.881. The number of carbonyl (C=O) groups excluding carboxylic acids is 3. The first kappa shape index (κ1) is 62.9. The van der Waals surface area contributed by atoms with Gasteiger partial charge in [0.05, 0.1) is 0 Å². The molecule has 0 N–H and O–H groups in total.